The van der Waals surface area contributed by atoms with E-state index < -0.39 is 0 Å². The first-order chi connectivity index (χ1) is 24.4. The molecule has 4 aromatic carbocycles. The fraction of sp³-hybridized carbons (Fsp3) is 0.462. The van der Waals surface area contributed by atoms with E-state index in [4.69, 9.17) is 0 Å². The van der Waals surface area contributed by atoms with Crippen molar-refractivity contribution < 1.29 is 0 Å². The molecule has 0 heterocycles. The number of rotatable bonds is 6. The Kier molecular flexibility index (Phi) is 7.62. The highest BCUT2D eigenvalue weighted by Gasteiger charge is 2.55. The van der Waals surface area contributed by atoms with Crippen LogP contribution in [0.4, 0.5) is 0 Å². The molecule has 0 radical (unpaired) electrons. The zero-order valence-corrected chi connectivity index (χ0v) is 34.8. The first-order valence-electron chi connectivity index (χ1n) is 20.5. The second-order valence-corrected chi connectivity index (χ2v) is 19.0. The number of benzene rings is 4. The molecule has 1 spiro atoms. The monoisotopic (exact) mass is 686 g/mol. The molecule has 0 heteroatoms. The Balaban J connectivity index is 1.54. The average Bonchev–Trinajstić information content (AvgIpc) is 3.61. The summed E-state index contributed by atoms with van der Waals surface area (Å²) in [5, 5.41) is 2.92. The van der Waals surface area contributed by atoms with E-state index in [2.05, 4.69) is 158 Å². The second-order valence-electron chi connectivity index (χ2n) is 19.0. The number of allylic oxidation sites excluding steroid dienone is 6. The molecule has 0 saturated heterocycles. The molecule has 0 bridgehead atoms. The minimum atomic E-state index is -0.240. The smallest absolute Gasteiger partial charge is 0.0443 e. The van der Waals surface area contributed by atoms with Gasteiger partial charge in [0.25, 0.3) is 0 Å². The Labute approximate surface area is 315 Å². The van der Waals surface area contributed by atoms with Crippen molar-refractivity contribution in [3.63, 3.8) is 0 Å². The Morgan fingerprint density at radius 2 is 1.21 bits per heavy atom. The quantitative estimate of drug-likeness (QED) is 0.189. The number of hydrogen-bond donors (Lipinski definition) is 0. The van der Waals surface area contributed by atoms with Crippen LogP contribution < -0.4 is 0 Å². The molecule has 52 heavy (non-hydrogen) atoms. The number of hydrogen-bond acceptors (Lipinski definition) is 0. The van der Waals surface area contributed by atoms with Gasteiger partial charge >= 0.3 is 0 Å². The number of aryl methyl sites for hydroxylation is 4. The molecule has 1 atom stereocenters. The van der Waals surface area contributed by atoms with E-state index in [-0.39, 0.29) is 27.1 Å². The molecule has 270 valence electrons. The first-order valence-corrected chi connectivity index (χ1v) is 20.5. The van der Waals surface area contributed by atoms with Crippen molar-refractivity contribution in [2.45, 2.75) is 145 Å². The fourth-order valence-corrected chi connectivity index (χ4v) is 11.7. The lowest BCUT2D eigenvalue weighted by molar-refractivity contribution is 0.328. The minimum absolute atomic E-state index is 0.0519. The van der Waals surface area contributed by atoms with E-state index in [1.54, 1.807) is 33.4 Å². The van der Waals surface area contributed by atoms with Crippen molar-refractivity contribution in [1.29, 1.82) is 0 Å². The standard InChI is InChI=1S/C52H62/c1-15-50(13,16-2)34-27-35(51(14,17-3)18-4)29-52(28-34)41-22-20-36-45(43(41)39-26-33(8)42-32(7)23-31(6)25-38(42)44(39)52)49(11,12)47-37-24-30(5)19-21-40(37)48(9,10)46(36)47/h19-28H,15-18,29H2,1-14H3. The lowest BCUT2D eigenvalue weighted by Crippen LogP contribution is -2.34. The predicted octanol–water partition coefficient (Wildman–Crippen LogP) is 14.7. The van der Waals surface area contributed by atoms with Crippen molar-refractivity contribution in [2.75, 3.05) is 0 Å². The summed E-state index contributed by atoms with van der Waals surface area (Å²) < 4.78 is 0. The van der Waals surface area contributed by atoms with Crippen LogP contribution in [0.15, 0.2) is 71.8 Å². The van der Waals surface area contributed by atoms with Gasteiger partial charge in [-0.2, -0.15) is 0 Å². The van der Waals surface area contributed by atoms with E-state index >= 15 is 0 Å². The van der Waals surface area contributed by atoms with Gasteiger partial charge in [0.15, 0.2) is 0 Å². The molecule has 0 aromatic heterocycles. The van der Waals surface area contributed by atoms with Crippen molar-refractivity contribution in [1.82, 2.24) is 0 Å². The van der Waals surface area contributed by atoms with Crippen LogP contribution in [0.25, 0.3) is 33.0 Å². The zero-order chi connectivity index (χ0) is 37.5. The van der Waals surface area contributed by atoms with Gasteiger partial charge in [-0.3, -0.25) is 0 Å². The third-order valence-electron chi connectivity index (χ3n) is 15.5. The van der Waals surface area contributed by atoms with Gasteiger partial charge in [0.2, 0.25) is 0 Å². The van der Waals surface area contributed by atoms with Crippen LogP contribution in [-0.2, 0) is 16.2 Å². The van der Waals surface area contributed by atoms with Crippen molar-refractivity contribution in [3.8, 4) is 11.1 Å². The maximum absolute atomic E-state index is 2.81. The summed E-state index contributed by atoms with van der Waals surface area (Å²) in [5.41, 5.74) is 23.8. The highest BCUT2D eigenvalue weighted by molar-refractivity contribution is 6.13. The first kappa shape index (κ1) is 35.4. The van der Waals surface area contributed by atoms with Crippen LogP contribution >= 0.6 is 0 Å². The molecule has 0 fully saturated rings. The molecular formula is C52H62. The average molecular weight is 687 g/mol. The molecule has 0 N–H and O–H groups in total. The third kappa shape index (κ3) is 4.33. The van der Waals surface area contributed by atoms with Crippen LogP contribution in [0.5, 0.6) is 0 Å². The Morgan fingerprint density at radius 1 is 0.596 bits per heavy atom. The Bertz CT molecular complexity index is 2320. The summed E-state index contributed by atoms with van der Waals surface area (Å²) in [6, 6.07) is 19.9. The molecule has 1 unspecified atom stereocenters. The largest absolute Gasteiger partial charge is 0.0654 e. The molecule has 4 aliphatic rings. The van der Waals surface area contributed by atoms with Gasteiger partial charge in [-0.15, -0.1) is 0 Å². The van der Waals surface area contributed by atoms with Crippen LogP contribution in [0.1, 0.15) is 157 Å². The van der Waals surface area contributed by atoms with Gasteiger partial charge in [-0.1, -0.05) is 147 Å². The SMILES string of the molecule is CCC(C)(CC)C1=CC2(CC(C(C)(CC)CC)=C1)c1ccc3c(c1-c1cc(C)c4c(C)cc(C)cc4c12)C(C)(C)C1=C3C(C)(C)c2ccc(C)cc21. The van der Waals surface area contributed by atoms with Crippen molar-refractivity contribution in [2.24, 2.45) is 10.8 Å². The van der Waals surface area contributed by atoms with Gasteiger partial charge < -0.3 is 0 Å². The summed E-state index contributed by atoms with van der Waals surface area (Å²) in [5.74, 6) is 0. The second kappa shape index (κ2) is 11.2. The maximum Gasteiger partial charge on any atom is 0.0443 e. The topological polar surface area (TPSA) is 0 Å². The molecular weight excluding hydrogens is 625 g/mol. The van der Waals surface area contributed by atoms with Gasteiger partial charge in [0, 0.05) is 16.2 Å². The summed E-state index contributed by atoms with van der Waals surface area (Å²) in [7, 11) is 0. The van der Waals surface area contributed by atoms with Gasteiger partial charge in [0.1, 0.15) is 0 Å². The minimum Gasteiger partial charge on any atom is -0.0654 e. The van der Waals surface area contributed by atoms with E-state index in [1.807, 2.05) is 0 Å². The highest BCUT2D eigenvalue weighted by Crippen LogP contribution is 2.68. The molecule has 4 aliphatic carbocycles. The van der Waals surface area contributed by atoms with Crippen LogP contribution in [0.2, 0.25) is 0 Å². The summed E-state index contributed by atoms with van der Waals surface area (Å²) in [6.45, 7) is 34.0. The van der Waals surface area contributed by atoms with Crippen LogP contribution in [0.3, 0.4) is 0 Å². The molecule has 8 rings (SSSR count). The third-order valence-corrected chi connectivity index (χ3v) is 15.5. The number of fused-ring (bicyclic) bond motifs is 12. The normalized spacial score (nSPS) is 20.9. The van der Waals surface area contributed by atoms with Gasteiger partial charge in [-0.05, 0) is 154 Å². The summed E-state index contributed by atoms with van der Waals surface area (Å²) in [6.07, 6.45) is 11.1. The summed E-state index contributed by atoms with van der Waals surface area (Å²) in [4.78, 5) is 0. The zero-order valence-electron chi connectivity index (χ0n) is 34.8. The molecule has 0 nitrogen and oxygen atoms in total. The highest BCUT2D eigenvalue weighted by atomic mass is 14.6. The molecule has 0 amide bonds. The fourth-order valence-electron chi connectivity index (χ4n) is 11.7. The lowest BCUT2D eigenvalue weighted by atomic mass is 9.59. The van der Waals surface area contributed by atoms with Gasteiger partial charge in [-0.25, -0.2) is 0 Å². The van der Waals surface area contributed by atoms with E-state index in [9.17, 15) is 0 Å². The van der Waals surface area contributed by atoms with E-state index in [1.165, 1.54) is 66.4 Å². The predicted molar refractivity (Wildman–Crippen MR) is 227 cm³/mol. The molecule has 0 saturated carbocycles. The van der Waals surface area contributed by atoms with E-state index in [0.717, 1.165) is 32.1 Å². The summed E-state index contributed by atoms with van der Waals surface area (Å²) >= 11 is 0. The van der Waals surface area contributed by atoms with Crippen molar-refractivity contribution in [3.05, 3.63) is 127 Å². The van der Waals surface area contributed by atoms with Crippen molar-refractivity contribution >= 4 is 21.9 Å². The molecule has 4 aromatic rings. The van der Waals surface area contributed by atoms with Gasteiger partial charge in [0.05, 0.1) is 0 Å². The van der Waals surface area contributed by atoms with Crippen LogP contribution in [0, 0.1) is 38.5 Å². The van der Waals surface area contributed by atoms with Crippen LogP contribution in [-0.4, -0.2) is 0 Å². The maximum atomic E-state index is 2.81. The van der Waals surface area contributed by atoms with E-state index in [0.29, 0.717) is 0 Å². The Morgan fingerprint density at radius 3 is 1.87 bits per heavy atom. The lowest BCUT2D eigenvalue weighted by Gasteiger charge is -2.44. The molecule has 0 aliphatic heterocycles. The Hall–Kier alpha value is -3.64.